The number of non-ortho nitro benzene ring substituents is 1. The van der Waals surface area contributed by atoms with E-state index in [2.05, 4.69) is 0 Å². The van der Waals surface area contributed by atoms with Crippen LogP contribution in [0.3, 0.4) is 0 Å². The van der Waals surface area contributed by atoms with Gasteiger partial charge in [0.1, 0.15) is 0 Å². The molecule has 92 valence electrons. The van der Waals surface area contributed by atoms with Crippen molar-refractivity contribution in [3.05, 3.63) is 58.4 Å². The van der Waals surface area contributed by atoms with Gasteiger partial charge in [0.2, 0.25) is 5.24 Å². The van der Waals surface area contributed by atoms with Crippen LogP contribution in [0, 0.1) is 10.1 Å². The number of carbonyl (C=O) groups is 1. The van der Waals surface area contributed by atoms with E-state index in [4.69, 9.17) is 11.6 Å². The lowest BCUT2D eigenvalue weighted by atomic mass is 10.1. The van der Waals surface area contributed by atoms with Crippen molar-refractivity contribution in [2.24, 2.45) is 0 Å². The molecule has 0 spiro atoms. The molecule has 0 aliphatic carbocycles. The topological polar surface area (TPSA) is 63.5 Å². The summed E-state index contributed by atoms with van der Waals surface area (Å²) in [7, 11) is 0. The minimum atomic E-state index is -0.519. The molecule has 18 heavy (non-hydrogen) atoms. The Morgan fingerprint density at radius 1 is 1.44 bits per heavy atom. The first kappa shape index (κ1) is 12.3. The fourth-order valence-electron chi connectivity index (χ4n) is 1.62. The number of rotatable bonds is 3. The first-order valence-electron chi connectivity index (χ1n) is 5.18. The van der Waals surface area contributed by atoms with Crippen molar-refractivity contribution in [1.82, 2.24) is 0 Å². The molecule has 0 aromatic heterocycles. The molecule has 0 N–H and O–H groups in total. The second-order valence-corrected chi connectivity index (χ2v) is 4.04. The molecular formula is C12H9ClN2O3. The average Bonchev–Trinajstić information content (AvgIpc) is 2.39. The lowest BCUT2D eigenvalue weighted by Gasteiger charge is -2.20. The second kappa shape index (κ2) is 5.01. The minimum Gasteiger partial charge on any atom is -0.323 e. The molecule has 1 aromatic rings. The monoisotopic (exact) mass is 264 g/mol. The van der Waals surface area contributed by atoms with E-state index < -0.39 is 10.2 Å². The zero-order valence-corrected chi connectivity index (χ0v) is 10.0. The molecule has 0 bridgehead atoms. The molecule has 5 nitrogen and oxygen atoms in total. The Labute approximate surface area is 108 Å². The highest BCUT2D eigenvalue weighted by Gasteiger charge is 2.14. The van der Waals surface area contributed by atoms with E-state index in [-0.39, 0.29) is 5.69 Å². The highest BCUT2D eigenvalue weighted by molar-refractivity contribution is 6.67. The molecular weight excluding hydrogens is 256 g/mol. The summed E-state index contributed by atoms with van der Waals surface area (Å²) in [6.45, 7) is 0. The van der Waals surface area contributed by atoms with Gasteiger partial charge in [0, 0.05) is 30.1 Å². The third kappa shape index (κ3) is 2.57. The van der Waals surface area contributed by atoms with Gasteiger partial charge in [-0.1, -0.05) is 12.1 Å². The summed E-state index contributed by atoms with van der Waals surface area (Å²) >= 11 is 5.42. The summed E-state index contributed by atoms with van der Waals surface area (Å²) in [5, 5.41) is 10.2. The standard InChI is InChI=1S/C12H9ClN2O3/c13-12(16)9-3-2-6-14(8-9)10-4-1-5-11(7-10)15(17)18/h1-2,4-8H,3H2. The van der Waals surface area contributed by atoms with Crippen LogP contribution in [0.4, 0.5) is 11.4 Å². The van der Waals surface area contributed by atoms with Crippen LogP contribution >= 0.6 is 11.6 Å². The highest BCUT2D eigenvalue weighted by Crippen LogP contribution is 2.25. The van der Waals surface area contributed by atoms with Gasteiger partial charge in [0.05, 0.1) is 10.6 Å². The second-order valence-electron chi connectivity index (χ2n) is 3.70. The van der Waals surface area contributed by atoms with E-state index >= 15 is 0 Å². The number of benzene rings is 1. The molecule has 2 rings (SSSR count). The Bertz CT molecular complexity index is 566. The third-order valence-corrected chi connectivity index (χ3v) is 2.73. The van der Waals surface area contributed by atoms with Crippen molar-refractivity contribution < 1.29 is 9.72 Å². The zero-order valence-electron chi connectivity index (χ0n) is 9.25. The number of nitrogens with zero attached hydrogens (tertiary/aromatic N) is 2. The summed E-state index contributed by atoms with van der Waals surface area (Å²) in [5.74, 6) is 0. The Kier molecular flexibility index (Phi) is 3.43. The molecule has 0 unspecified atom stereocenters. The Balaban J connectivity index is 2.34. The first-order valence-corrected chi connectivity index (χ1v) is 5.56. The van der Waals surface area contributed by atoms with E-state index in [0.29, 0.717) is 17.7 Å². The SMILES string of the molecule is O=C(Cl)C1=CN(c2cccc([N+](=O)[O-])c2)C=CC1. The van der Waals surface area contributed by atoms with Crippen LogP contribution in [0.5, 0.6) is 0 Å². The Morgan fingerprint density at radius 3 is 2.89 bits per heavy atom. The predicted octanol–water partition coefficient (Wildman–Crippen LogP) is 2.97. The number of carbonyl (C=O) groups excluding carboxylic acids is 1. The van der Waals surface area contributed by atoms with Crippen molar-refractivity contribution in [2.75, 3.05) is 4.90 Å². The molecule has 0 saturated carbocycles. The van der Waals surface area contributed by atoms with Gasteiger partial charge in [-0.25, -0.2) is 0 Å². The van der Waals surface area contributed by atoms with Gasteiger partial charge in [-0.15, -0.1) is 0 Å². The van der Waals surface area contributed by atoms with E-state index in [1.165, 1.54) is 12.1 Å². The molecule has 0 radical (unpaired) electrons. The van der Waals surface area contributed by atoms with Crippen LogP contribution in [0.2, 0.25) is 0 Å². The molecule has 0 atom stereocenters. The van der Waals surface area contributed by atoms with Crippen molar-refractivity contribution >= 4 is 28.2 Å². The van der Waals surface area contributed by atoms with Crippen LogP contribution in [-0.4, -0.2) is 10.2 Å². The fraction of sp³-hybridized carbons (Fsp3) is 0.0833. The number of allylic oxidation sites excluding steroid dienone is 2. The minimum absolute atomic E-state index is 0.00127. The summed E-state index contributed by atoms with van der Waals surface area (Å²) < 4.78 is 0. The largest absolute Gasteiger partial charge is 0.323 e. The quantitative estimate of drug-likeness (QED) is 0.478. The van der Waals surface area contributed by atoms with Gasteiger partial charge in [0.25, 0.3) is 5.69 Å². The van der Waals surface area contributed by atoms with Crippen LogP contribution in [0.25, 0.3) is 0 Å². The summed E-state index contributed by atoms with van der Waals surface area (Å²) in [5.41, 5.74) is 1.06. The van der Waals surface area contributed by atoms with Gasteiger partial charge in [-0.3, -0.25) is 14.9 Å². The summed E-state index contributed by atoms with van der Waals surface area (Å²) in [6.07, 6.45) is 5.55. The number of hydrogen-bond acceptors (Lipinski definition) is 4. The normalized spacial score (nSPS) is 14.3. The van der Waals surface area contributed by atoms with E-state index in [1.54, 1.807) is 35.5 Å². The van der Waals surface area contributed by atoms with Crippen molar-refractivity contribution in [2.45, 2.75) is 6.42 Å². The van der Waals surface area contributed by atoms with Crippen LogP contribution in [-0.2, 0) is 4.79 Å². The van der Waals surface area contributed by atoms with Gasteiger partial charge in [-0.05, 0) is 24.1 Å². The molecule has 1 aliphatic heterocycles. The van der Waals surface area contributed by atoms with Crippen LogP contribution < -0.4 is 4.90 Å². The Morgan fingerprint density at radius 2 is 2.22 bits per heavy atom. The zero-order chi connectivity index (χ0) is 13.1. The molecule has 6 heteroatoms. The maximum atomic E-state index is 11.1. The maximum absolute atomic E-state index is 11.1. The van der Waals surface area contributed by atoms with Crippen LogP contribution in [0.15, 0.2) is 48.3 Å². The molecule has 0 amide bonds. The van der Waals surface area contributed by atoms with E-state index in [0.717, 1.165) is 0 Å². The van der Waals surface area contributed by atoms with Gasteiger partial charge in [-0.2, -0.15) is 0 Å². The number of nitro groups is 1. The van der Waals surface area contributed by atoms with Crippen molar-refractivity contribution in [1.29, 1.82) is 0 Å². The number of nitro benzene ring substituents is 1. The molecule has 0 saturated heterocycles. The number of anilines is 1. The summed E-state index contributed by atoms with van der Waals surface area (Å²) in [6, 6.07) is 6.15. The predicted molar refractivity (Wildman–Crippen MR) is 68.3 cm³/mol. The van der Waals surface area contributed by atoms with Crippen molar-refractivity contribution in [3.8, 4) is 0 Å². The van der Waals surface area contributed by atoms with E-state index in [1.807, 2.05) is 0 Å². The lowest BCUT2D eigenvalue weighted by Crippen LogP contribution is -2.13. The average molecular weight is 265 g/mol. The lowest BCUT2D eigenvalue weighted by molar-refractivity contribution is -0.384. The Hall–Kier alpha value is -2.14. The smallest absolute Gasteiger partial charge is 0.271 e. The molecule has 0 fully saturated rings. The number of halogens is 1. The molecule has 1 aliphatic rings. The van der Waals surface area contributed by atoms with Crippen LogP contribution in [0.1, 0.15) is 6.42 Å². The third-order valence-electron chi connectivity index (χ3n) is 2.49. The van der Waals surface area contributed by atoms with Gasteiger partial charge in [0.15, 0.2) is 0 Å². The van der Waals surface area contributed by atoms with Gasteiger partial charge < -0.3 is 4.90 Å². The highest BCUT2D eigenvalue weighted by atomic mass is 35.5. The molecule has 1 heterocycles. The maximum Gasteiger partial charge on any atom is 0.271 e. The first-order chi connectivity index (χ1) is 8.58. The van der Waals surface area contributed by atoms with Crippen molar-refractivity contribution in [3.63, 3.8) is 0 Å². The van der Waals surface area contributed by atoms with E-state index in [9.17, 15) is 14.9 Å². The number of hydrogen-bond donors (Lipinski definition) is 0. The van der Waals surface area contributed by atoms with Gasteiger partial charge >= 0.3 is 0 Å². The summed E-state index contributed by atoms with van der Waals surface area (Å²) in [4.78, 5) is 22.9. The molecule has 1 aromatic carbocycles. The fourth-order valence-corrected chi connectivity index (χ4v) is 1.74.